The fraction of sp³-hybridized carbons (Fsp3) is 0.250. The summed E-state index contributed by atoms with van der Waals surface area (Å²) < 4.78 is 0. The molecule has 0 aliphatic heterocycles. The van der Waals surface area contributed by atoms with E-state index in [2.05, 4.69) is 69.8 Å². The van der Waals surface area contributed by atoms with Crippen LogP contribution in [0.4, 0.5) is 5.69 Å². The minimum atomic E-state index is 0.0397. The van der Waals surface area contributed by atoms with Crippen LogP contribution in [0.3, 0.4) is 0 Å². The Kier molecular flexibility index (Phi) is 3.29. The van der Waals surface area contributed by atoms with Crippen LogP contribution in [0.2, 0.25) is 0 Å². The molecule has 106 valence electrons. The number of hydrogen-bond acceptors (Lipinski definition) is 1. The third kappa shape index (κ3) is 2.13. The van der Waals surface area contributed by atoms with Crippen molar-refractivity contribution in [2.24, 2.45) is 4.99 Å². The molecule has 0 radical (unpaired) electrons. The molecule has 0 bridgehead atoms. The van der Waals surface area contributed by atoms with E-state index >= 15 is 0 Å². The highest BCUT2D eigenvalue weighted by molar-refractivity contribution is 5.96. The Hall–Kier alpha value is -2.15. The van der Waals surface area contributed by atoms with E-state index in [1.165, 1.54) is 22.3 Å². The molecule has 3 rings (SSSR count). The number of rotatable bonds is 3. The third-order valence-corrected chi connectivity index (χ3v) is 4.44. The lowest BCUT2D eigenvalue weighted by Gasteiger charge is -2.21. The first kappa shape index (κ1) is 13.8. The molecule has 0 heterocycles. The van der Waals surface area contributed by atoms with Gasteiger partial charge < -0.3 is 0 Å². The molecular formula is C20H21N. The maximum absolute atomic E-state index is 4.70. The van der Waals surface area contributed by atoms with Crippen LogP contribution in [0, 0.1) is 0 Å². The van der Waals surface area contributed by atoms with Crippen LogP contribution in [0.15, 0.2) is 60.1 Å². The number of nitrogens with zero attached hydrogens (tertiary/aromatic N) is 1. The van der Waals surface area contributed by atoms with Gasteiger partial charge in [-0.15, -0.1) is 0 Å². The highest BCUT2D eigenvalue weighted by Crippen LogP contribution is 2.49. The first-order chi connectivity index (χ1) is 10.1. The molecular weight excluding hydrogens is 254 g/mol. The van der Waals surface area contributed by atoms with E-state index in [1.807, 2.05) is 6.08 Å². The van der Waals surface area contributed by atoms with Crippen LogP contribution in [-0.2, 0) is 5.41 Å². The Balaban J connectivity index is 2.16. The Morgan fingerprint density at radius 2 is 1.81 bits per heavy atom. The molecule has 1 heteroatoms. The molecule has 0 saturated carbocycles. The van der Waals surface area contributed by atoms with Crippen LogP contribution in [0.1, 0.15) is 38.3 Å². The van der Waals surface area contributed by atoms with Crippen molar-refractivity contribution in [1.82, 2.24) is 0 Å². The molecule has 0 aromatic heterocycles. The van der Waals surface area contributed by atoms with Gasteiger partial charge in [-0.05, 0) is 46.9 Å². The predicted molar refractivity (Wildman–Crippen MR) is 91.6 cm³/mol. The van der Waals surface area contributed by atoms with E-state index < -0.39 is 0 Å². The summed E-state index contributed by atoms with van der Waals surface area (Å²) in [5, 5.41) is 0. The largest absolute Gasteiger partial charge is 0.254 e. The maximum atomic E-state index is 4.70. The van der Waals surface area contributed by atoms with Crippen LogP contribution >= 0.6 is 0 Å². The van der Waals surface area contributed by atoms with E-state index in [0.717, 1.165) is 17.8 Å². The van der Waals surface area contributed by atoms with Gasteiger partial charge in [0.05, 0.1) is 5.69 Å². The van der Waals surface area contributed by atoms with Gasteiger partial charge in [0.15, 0.2) is 0 Å². The van der Waals surface area contributed by atoms with Crippen molar-refractivity contribution in [1.29, 1.82) is 0 Å². The van der Waals surface area contributed by atoms with Gasteiger partial charge in [-0.3, -0.25) is 4.99 Å². The van der Waals surface area contributed by atoms with E-state index in [1.54, 1.807) is 0 Å². The average molecular weight is 275 g/mol. The van der Waals surface area contributed by atoms with Crippen molar-refractivity contribution in [3.05, 3.63) is 66.2 Å². The summed E-state index contributed by atoms with van der Waals surface area (Å²) in [6, 6.07) is 15.2. The summed E-state index contributed by atoms with van der Waals surface area (Å²) in [7, 11) is 0. The Labute approximate surface area is 127 Å². The van der Waals surface area contributed by atoms with E-state index in [9.17, 15) is 0 Å². The second-order valence-corrected chi connectivity index (χ2v) is 6.06. The summed E-state index contributed by atoms with van der Waals surface area (Å²) in [4.78, 5) is 4.70. The van der Waals surface area contributed by atoms with Gasteiger partial charge in [0.2, 0.25) is 0 Å². The SMILES string of the molecule is C=CC(CC)=Nc1ccc2c(c1)C(C)(C)c1ccccc1-2. The summed E-state index contributed by atoms with van der Waals surface area (Å²) in [5.41, 5.74) is 7.55. The van der Waals surface area contributed by atoms with Crippen molar-refractivity contribution >= 4 is 11.4 Å². The van der Waals surface area contributed by atoms with Crippen LogP contribution in [0.5, 0.6) is 0 Å². The van der Waals surface area contributed by atoms with Gasteiger partial charge in [-0.1, -0.05) is 57.7 Å². The minimum Gasteiger partial charge on any atom is -0.254 e. The van der Waals surface area contributed by atoms with E-state index in [0.29, 0.717) is 0 Å². The van der Waals surface area contributed by atoms with Crippen molar-refractivity contribution in [2.75, 3.05) is 0 Å². The first-order valence-corrected chi connectivity index (χ1v) is 7.52. The molecule has 2 aromatic carbocycles. The number of hydrogen-bond donors (Lipinski definition) is 0. The smallest absolute Gasteiger partial charge is 0.0636 e. The molecule has 0 spiro atoms. The van der Waals surface area contributed by atoms with Crippen molar-refractivity contribution < 1.29 is 0 Å². The standard InChI is InChI=1S/C20H21N/c1-5-14(6-2)21-15-11-12-17-16-9-7-8-10-18(16)20(3,4)19(17)13-15/h5,7-13H,1,6H2,2-4H3. The summed E-state index contributed by atoms with van der Waals surface area (Å²) in [6.07, 6.45) is 2.75. The molecule has 0 unspecified atom stereocenters. The molecule has 0 fully saturated rings. The normalized spacial score (nSPS) is 15.5. The Morgan fingerprint density at radius 1 is 1.10 bits per heavy atom. The van der Waals surface area contributed by atoms with Gasteiger partial charge in [-0.2, -0.15) is 0 Å². The Morgan fingerprint density at radius 3 is 2.52 bits per heavy atom. The highest BCUT2D eigenvalue weighted by atomic mass is 14.7. The average Bonchev–Trinajstić information content (AvgIpc) is 2.74. The second kappa shape index (κ2) is 5.00. The second-order valence-electron chi connectivity index (χ2n) is 6.06. The Bertz CT molecular complexity index is 735. The molecule has 0 N–H and O–H groups in total. The molecule has 1 nitrogen and oxygen atoms in total. The summed E-state index contributed by atoms with van der Waals surface area (Å²) >= 11 is 0. The van der Waals surface area contributed by atoms with Crippen molar-refractivity contribution in [3.63, 3.8) is 0 Å². The summed E-state index contributed by atoms with van der Waals surface area (Å²) in [5.74, 6) is 0. The van der Waals surface area contributed by atoms with Crippen molar-refractivity contribution in [2.45, 2.75) is 32.6 Å². The fourth-order valence-electron chi connectivity index (χ4n) is 3.20. The zero-order valence-corrected chi connectivity index (χ0v) is 13.0. The van der Waals surface area contributed by atoms with E-state index in [4.69, 9.17) is 4.99 Å². The lowest BCUT2D eigenvalue weighted by Crippen LogP contribution is -2.14. The number of aliphatic imine (C=N–C) groups is 1. The molecule has 1 aliphatic carbocycles. The zero-order valence-electron chi connectivity index (χ0n) is 13.0. The quantitative estimate of drug-likeness (QED) is 0.641. The summed E-state index contributed by atoms with van der Waals surface area (Å²) in [6.45, 7) is 10.5. The molecule has 21 heavy (non-hydrogen) atoms. The maximum Gasteiger partial charge on any atom is 0.0636 e. The number of fused-ring (bicyclic) bond motifs is 3. The molecule has 0 saturated heterocycles. The number of benzene rings is 2. The van der Waals surface area contributed by atoms with Gasteiger partial charge in [0.1, 0.15) is 0 Å². The fourth-order valence-corrected chi connectivity index (χ4v) is 3.20. The van der Waals surface area contributed by atoms with Gasteiger partial charge >= 0.3 is 0 Å². The van der Waals surface area contributed by atoms with Crippen LogP contribution in [0.25, 0.3) is 11.1 Å². The lowest BCUT2D eigenvalue weighted by molar-refractivity contribution is 0.660. The topological polar surface area (TPSA) is 12.4 Å². The van der Waals surface area contributed by atoms with Gasteiger partial charge in [0.25, 0.3) is 0 Å². The lowest BCUT2D eigenvalue weighted by atomic mass is 9.82. The van der Waals surface area contributed by atoms with E-state index in [-0.39, 0.29) is 5.41 Å². The molecule has 0 atom stereocenters. The van der Waals surface area contributed by atoms with Gasteiger partial charge in [-0.25, -0.2) is 0 Å². The van der Waals surface area contributed by atoms with Gasteiger partial charge in [0, 0.05) is 11.1 Å². The highest BCUT2D eigenvalue weighted by Gasteiger charge is 2.35. The minimum absolute atomic E-state index is 0.0397. The van der Waals surface area contributed by atoms with Crippen LogP contribution < -0.4 is 0 Å². The molecule has 1 aliphatic rings. The van der Waals surface area contributed by atoms with Crippen molar-refractivity contribution in [3.8, 4) is 11.1 Å². The number of allylic oxidation sites excluding steroid dienone is 1. The molecule has 0 amide bonds. The predicted octanol–water partition coefficient (Wildman–Crippen LogP) is 5.66. The first-order valence-electron chi connectivity index (χ1n) is 7.52. The van der Waals surface area contributed by atoms with Crippen LogP contribution in [-0.4, -0.2) is 5.71 Å². The third-order valence-electron chi connectivity index (χ3n) is 4.44. The monoisotopic (exact) mass is 275 g/mol. The zero-order chi connectivity index (χ0) is 15.0. The molecule has 2 aromatic rings.